The average Bonchev–Trinajstić information content (AvgIpc) is 2.73. The van der Waals surface area contributed by atoms with E-state index >= 15 is 0 Å². The lowest BCUT2D eigenvalue weighted by Crippen LogP contribution is -2.10. The highest BCUT2D eigenvalue weighted by atomic mass is 32.1. The van der Waals surface area contributed by atoms with Crippen LogP contribution in [0.3, 0.4) is 0 Å². The van der Waals surface area contributed by atoms with Crippen molar-refractivity contribution in [3.63, 3.8) is 0 Å². The number of H-pyrrole nitrogens is 1. The molecule has 5 heteroatoms. The van der Waals surface area contributed by atoms with Crippen molar-refractivity contribution in [3.8, 4) is 5.69 Å². The smallest absolute Gasteiger partial charge is 0.356 e. The molecular formula is C12H12N2O2S. The van der Waals surface area contributed by atoms with Crippen molar-refractivity contribution in [1.29, 1.82) is 0 Å². The second-order valence-corrected chi connectivity index (χ2v) is 3.76. The van der Waals surface area contributed by atoms with Crippen LogP contribution in [0, 0.1) is 4.77 Å². The average molecular weight is 248 g/mol. The summed E-state index contributed by atoms with van der Waals surface area (Å²) in [6.07, 6.45) is 1.56. The van der Waals surface area contributed by atoms with Gasteiger partial charge in [0, 0.05) is 11.9 Å². The molecule has 0 bridgehead atoms. The number of carbonyl (C=O) groups is 1. The zero-order valence-corrected chi connectivity index (χ0v) is 10.2. The maximum atomic E-state index is 11.7. The Morgan fingerprint density at radius 2 is 2.12 bits per heavy atom. The highest BCUT2D eigenvalue weighted by molar-refractivity contribution is 7.71. The fourth-order valence-corrected chi connectivity index (χ4v) is 1.82. The van der Waals surface area contributed by atoms with E-state index in [4.69, 9.17) is 17.0 Å². The van der Waals surface area contributed by atoms with Gasteiger partial charge in [-0.05, 0) is 31.3 Å². The first-order valence-electron chi connectivity index (χ1n) is 5.27. The molecule has 1 N–H and O–H groups in total. The van der Waals surface area contributed by atoms with Gasteiger partial charge in [-0.3, -0.25) is 4.57 Å². The van der Waals surface area contributed by atoms with Crippen LogP contribution in [0.15, 0.2) is 36.5 Å². The number of nitrogens with zero attached hydrogens (tertiary/aromatic N) is 1. The van der Waals surface area contributed by atoms with Crippen molar-refractivity contribution in [2.24, 2.45) is 0 Å². The summed E-state index contributed by atoms with van der Waals surface area (Å²) in [5, 5.41) is 0. The van der Waals surface area contributed by atoms with Crippen molar-refractivity contribution in [2.75, 3.05) is 6.61 Å². The van der Waals surface area contributed by atoms with Crippen LogP contribution in [0.1, 0.15) is 17.4 Å². The third-order valence-corrected chi connectivity index (χ3v) is 2.58. The van der Waals surface area contributed by atoms with Crippen molar-refractivity contribution in [3.05, 3.63) is 47.0 Å². The van der Waals surface area contributed by atoms with Crippen LogP contribution in [0.5, 0.6) is 0 Å². The standard InChI is InChI=1S/C12H12N2O2S/c1-2-16-11(15)10-8-13-12(17)14(10)9-6-4-3-5-7-9/h3-8H,2H2,1H3,(H,13,17). The van der Waals surface area contributed by atoms with Crippen molar-refractivity contribution in [1.82, 2.24) is 9.55 Å². The Balaban J connectivity index is 2.51. The fraction of sp³-hybridized carbons (Fsp3) is 0.167. The van der Waals surface area contributed by atoms with Crippen LogP contribution < -0.4 is 0 Å². The summed E-state index contributed by atoms with van der Waals surface area (Å²) in [6.45, 7) is 2.11. The molecule has 0 saturated carbocycles. The molecule has 0 fully saturated rings. The van der Waals surface area contributed by atoms with Gasteiger partial charge in [0.15, 0.2) is 10.5 Å². The number of carbonyl (C=O) groups excluding carboxylic acids is 1. The number of aromatic nitrogens is 2. The Kier molecular flexibility index (Phi) is 3.39. The zero-order valence-electron chi connectivity index (χ0n) is 9.34. The molecule has 0 aliphatic heterocycles. The van der Waals surface area contributed by atoms with Gasteiger partial charge in [0.1, 0.15) is 0 Å². The lowest BCUT2D eigenvalue weighted by molar-refractivity contribution is 0.0517. The molecule has 1 aromatic carbocycles. The molecule has 88 valence electrons. The molecule has 0 saturated heterocycles. The minimum absolute atomic E-state index is 0.339. The summed E-state index contributed by atoms with van der Waals surface area (Å²) in [4.78, 5) is 14.6. The topological polar surface area (TPSA) is 47.0 Å². The molecule has 0 spiro atoms. The molecule has 1 aromatic heterocycles. The summed E-state index contributed by atoms with van der Waals surface area (Å²) in [5.74, 6) is -0.385. The van der Waals surface area contributed by atoms with Gasteiger partial charge in [-0.2, -0.15) is 0 Å². The summed E-state index contributed by atoms with van der Waals surface area (Å²) < 4.78 is 7.11. The second-order valence-electron chi connectivity index (χ2n) is 3.37. The molecule has 4 nitrogen and oxygen atoms in total. The number of hydrogen-bond donors (Lipinski definition) is 1. The largest absolute Gasteiger partial charge is 0.461 e. The van der Waals surface area contributed by atoms with Crippen molar-refractivity contribution >= 4 is 18.2 Å². The van der Waals surface area contributed by atoms with Gasteiger partial charge in [0.05, 0.1) is 6.61 Å². The molecule has 17 heavy (non-hydrogen) atoms. The second kappa shape index (κ2) is 4.97. The van der Waals surface area contributed by atoms with Crippen LogP contribution >= 0.6 is 12.2 Å². The Morgan fingerprint density at radius 3 is 2.76 bits per heavy atom. The molecule has 0 radical (unpaired) electrons. The van der Waals surface area contributed by atoms with E-state index in [1.807, 2.05) is 30.3 Å². The molecular weight excluding hydrogens is 236 g/mol. The van der Waals surface area contributed by atoms with Gasteiger partial charge in [0.25, 0.3) is 0 Å². The first-order valence-corrected chi connectivity index (χ1v) is 5.68. The summed E-state index contributed by atoms with van der Waals surface area (Å²) in [5.41, 5.74) is 1.24. The predicted octanol–water partition coefficient (Wildman–Crippen LogP) is 2.71. The molecule has 2 aromatic rings. The maximum Gasteiger partial charge on any atom is 0.356 e. The number of benzene rings is 1. The van der Waals surface area contributed by atoms with Gasteiger partial charge in [-0.1, -0.05) is 18.2 Å². The molecule has 0 amide bonds. The van der Waals surface area contributed by atoms with Crippen LogP contribution in [-0.4, -0.2) is 22.1 Å². The zero-order chi connectivity index (χ0) is 12.3. The number of para-hydroxylation sites is 1. The van der Waals surface area contributed by atoms with Gasteiger partial charge in [0.2, 0.25) is 0 Å². The van der Waals surface area contributed by atoms with E-state index in [0.29, 0.717) is 17.1 Å². The third-order valence-electron chi connectivity index (χ3n) is 2.28. The maximum absolute atomic E-state index is 11.7. The van der Waals surface area contributed by atoms with E-state index in [1.165, 1.54) is 0 Å². The Bertz CT molecular complexity index is 572. The molecule has 0 aliphatic rings. The number of ether oxygens (including phenoxy) is 1. The number of rotatable bonds is 3. The minimum Gasteiger partial charge on any atom is -0.461 e. The van der Waals surface area contributed by atoms with Gasteiger partial charge in [-0.25, -0.2) is 4.79 Å². The van der Waals surface area contributed by atoms with E-state index in [2.05, 4.69) is 4.98 Å². The number of nitrogens with one attached hydrogen (secondary N) is 1. The fourth-order valence-electron chi connectivity index (χ4n) is 1.56. The summed E-state index contributed by atoms with van der Waals surface area (Å²) >= 11 is 5.16. The van der Waals surface area contributed by atoms with Crippen LogP contribution in [-0.2, 0) is 4.74 Å². The summed E-state index contributed by atoms with van der Waals surface area (Å²) in [6, 6.07) is 9.45. The molecule has 1 heterocycles. The van der Waals surface area contributed by atoms with Crippen LogP contribution in [0.25, 0.3) is 5.69 Å². The van der Waals surface area contributed by atoms with E-state index in [-0.39, 0.29) is 5.97 Å². The number of hydrogen-bond acceptors (Lipinski definition) is 3. The quantitative estimate of drug-likeness (QED) is 0.671. The van der Waals surface area contributed by atoms with E-state index in [9.17, 15) is 4.79 Å². The highest BCUT2D eigenvalue weighted by Gasteiger charge is 2.14. The minimum atomic E-state index is -0.385. The number of aromatic amines is 1. The van der Waals surface area contributed by atoms with Gasteiger partial charge < -0.3 is 9.72 Å². The number of esters is 1. The van der Waals surface area contributed by atoms with Crippen molar-refractivity contribution in [2.45, 2.75) is 6.92 Å². The Labute approximate surface area is 104 Å². The molecule has 0 unspecified atom stereocenters. The summed E-state index contributed by atoms with van der Waals surface area (Å²) in [7, 11) is 0. The van der Waals surface area contributed by atoms with E-state index < -0.39 is 0 Å². The van der Waals surface area contributed by atoms with Gasteiger partial charge >= 0.3 is 5.97 Å². The normalized spacial score (nSPS) is 10.2. The Hall–Kier alpha value is -1.88. The van der Waals surface area contributed by atoms with Crippen LogP contribution in [0.2, 0.25) is 0 Å². The lowest BCUT2D eigenvalue weighted by atomic mass is 10.3. The first kappa shape index (κ1) is 11.6. The SMILES string of the molecule is CCOC(=O)c1c[nH]c(=S)n1-c1ccccc1. The molecule has 0 atom stereocenters. The number of imidazole rings is 1. The van der Waals surface area contributed by atoms with Gasteiger partial charge in [-0.15, -0.1) is 0 Å². The molecule has 0 aliphatic carbocycles. The monoisotopic (exact) mass is 248 g/mol. The molecule has 2 rings (SSSR count). The van der Waals surface area contributed by atoms with E-state index in [0.717, 1.165) is 5.69 Å². The highest BCUT2D eigenvalue weighted by Crippen LogP contribution is 2.13. The Morgan fingerprint density at radius 1 is 1.41 bits per heavy atom. The third kappa shape index (κ3) is 2.29. The first-order chi connectivity index (χ1) is 8.24. The van der Waals surface area contributed by atoms with Crippen molar-refractivity contribution < 1.29 is 9.53 Å². The predicted molar refractivity (Wildman–Crippen MR) is 66.9 cm³/mol. The van der Waals surface area contributed by atoms with E-state index in [1.54, 1.807) is 17.7 Å². The lowest BCUT2D eigenvalue weighted by Gasteiger charge is -2.07. The van der Waals surface area contributed by atoms with Crippen LogP contribution in [0.4, 0.5) is 0 Å².